The summed E-state index contributed by atoms with van der Waals surface area (Å²) in [6.07, 6.45) is 5.15. The lowest BCUT2D eigenvalue weighted by Crippen LogP contribution is -2.05. The van der Waals surface area contributed by atoms with Gasteiger partial charge in [0.05, 0.1) is 17.7 Å². The molecular formula is C23H28N6O3. The minimum atomic E-state index is 0.206. The van der Waals surface area contributed by atoms with Gasteiger partial charge >= 0.3 is 0 Å². The van der Waals surface area contributed by atoms with E-state index in [0.29, 0.717) is 55.1 Å². The van der Waals surface area contributed by atoms with Crippen molar-refractivity contribution in [2.75, 3.05) is 18.9 Å². The van der Waals surface area contributed by atoms with E-state index in [1.165, 1.54) is 6.33 Å². The second kappa shape index (κ2) is 9.78. The summed E-state index contributed by atoms with van der Waals surface area (Å²) >= 11 is 0. The number of rotatable bonds is 11. The number of hydrogen-bond acceptors (Lipinski definition) is 7. The number of nitrogens with zero attached hydrogens (tertiary/aromatic N) is 4. The van der Waals surface area contributed by atoms with Crippen LogP contribution >= 0.6 is 0 Å². The van der Waals surface area contributed by atoms with Crippen molar-refractivity contribution in [1.82, 2.24) is 24.7 Å². The van der Waals surface area contributed by atoms with E-state index in [9.17, 15) is 9.90 Å². The topological polar surface area (TPSA) is 132 Å². The highest BCUT2D eigenvalue weighted by Crippen LogP contribution is 2.32. The quantitative estimate of drug-likeness (QED) is 0.304. The first-order valence-electron chi connectivity index (χ1n) is 11.0. The van der Waals surface area contributed by atoms with Crippen molar-refractivity contribution in [3.63, 3.8) is 0 Å². The molecule has 1 aromatic carbocycles. The number of unbranched alkanes of at least 4 members (excludes halogenated alkanes) is 2. The summed E-state index contributed by atoms with van der Waals surface area (Å²) in [7, 11) is 0. The standard InChI is InChI=1S/C23H28N6O3/c1-2-32-11-9-16(30)6-4-3-5-10-29-23-20(22(24)25-14-26-23)21(28-29)19-13-15-12-17(31)7-8-18(15)27-19/h7-8,12-14,27,31H,2-6,9-11H2,1H3,(H2,24,25,26). The van der Waals surface area contributed by atoms with Crippen molar-refractivity contribution < 1.29 is 14.6 Å². The number of fused-ring (bicyclic) bond motifs is 2. The molecule has 0 amide bonds. The summed E-state index contributed by atoms with van der Waals surface area (Å²) in [5, 5.41) is 16.1. The van der Waals surface area contributed by atoms with Gasteiger partial charge in [0.1, 0.15) is 29.4 Å². The molecule has 3 aromatic heterocycles. The highest BCUT2D eigenvalue weighted by Gasteiger charge is 2.18. The number of Topliss-reactive ketones (excluding diaryl/α,β-unsaturated/α-hetero) is 1. The number of aromatic hydroxyl groups is 1. The van der Waals surface area contributed by atoms with Gasteiger partial charge in [-0.05, 0) is 44.0 Å². The summed E-state index contributed by atoms with van der Waals surface area (Å²) < 4.78 is 7.08. The number of nitrogen functional groups attached to an aromatic ring is 1. The summed E-state index contributed by atoms with van der Waals surface area (Å²) in [5.41, 5.74) is 9.22. The number of anilines is 1. The number of carbonyl (C=O) groups excluding carboxylic acids is 1. The van der Waals surface area contributed by atoms with Crippen LogP contribution in [-0.2, 0) is 16.1 Å². The van der Waals surface area contributed by atoms with Crippen molar-refractivity contribution in [2.24, 2.45) is 0 Å². The van der Waals surface area contributed by atoms with E-state index in [2.05, 4.69) is 15.0 Å². The second-order valence-electron chi connectivity index (χ2n) is 7.78. The maximum atomic E-state index is 11.9. The van der Waals surface area contributed by atoms with Crippen LogP contribution in [-0.4, -0.2) is 48.8 Å². The number of phenolic OH excluding ortho intramolecular Hbond substituents is 1. The molecule has 0 aliphatic carbocycles. The Bertz CT molecular complexity index is 1230. The highest BCUT2D eigenvalue weighted by molar-refractivity contribution is 5.99. The number of ketones is 1. The van der Waals surface area contributed by atoms with Crippen molar-refractivity contribution in [2.45, 2.75) is 45.6 Å². The van der Waals surface area contributed by atoms with Gasteiger partial charge < -0.3 is 20.6 Å². The lowest BCUT2D eigenvalue weighted by atomic mass is 10.1. The molecule has 168 valence electrons. The van der Waals surface area contributed by atoms with Crippen LogP contribution in [0.4, 0.5) is 5.82 Å². The van der Waals surface area contributed by atoms with Gasteiger partial charge in [-0.1, -0.05) is 6.42 Å². The Balaban J connectivity index is 1.47. The van der Waals surface area contributed by atoms with Crippen LogP contribution < -0.4 is 5.73 Å². The van der Waals surface area contributed by atoms with Crippen LogP contribution in [0.15, 0.2) is 30.6 Å². The molecule has 0 radical (unpaired) electrons. The molecule has 0 saturated heterocycles. The second-order valence-corrected chi connectivity index (χ2v) is 7.78. The van der Waals surface area contributed by atoms with Crippen LogP contribution in [0.25, 0.3) is 33.3 Å². The number of nitrogens with one attached hydrogen (secondary N) is 1. The molecule has 0 unspecified atom stereocenters. The number of aromatic nitrogens is 5. The monoisotopic (exact) mass is 436 g/mol. The molecule has 4 N–H and O–H groups in total. The number of benzene rings is 1. The first kappa shape index (κ1) is 21.8. The van der Waals surface area contributed by atoms with Crippen molar-refractivity contribution in [3.8, 4) is 17.1 Å². The normalized spacial score (nSPS) is 11.5. The Labute approximate surface area is 185 Å². The van der Waals surface area contributed by atoms with Crippen LogP contribution in [0.1, 0.15) is 39.0 Å². The van der Waals surface area contributed by atoms with Crippen molar-refractivity contribution >= 4 is 33.5 Å². The third-order valence-electron chi connectivity index (χ3n) is 5.47. The van der Waals surface area contributed by atoms with Crippen LogP contribution in [0.3, 0.4) is 0 Å². The molecule has 0 aliphatic heterocycles. The molecule has 0 bridgehead atoms. The molecule has 0 atom stereocenters. The lowest BCUT2D eigenvalue weighted by Gasteiger charge is -2.04. The molecule has 0 saturated carbocycles. The smallest absolute Gasteiger partial charge is 0.164 e. The Kier molecular flexibility index (Phi) is 6.65. The zero-order valence-electron chi connectivity index (χ0n) is 18.2. The van der Waals surface area contributed by atoms with E-state index in [4.69, 9.17) is 15.6 Å². The van der Waals surface area contributed by atoms with E-state index < -0.39 is 0 Å². The number of carbonyl (C=O) groups is 1. The maximum absolute atomic E-state index is 11.9. The predicted octanol–water partition coefficient (Wildman–Crippen LogP) is 3.82. The Morgan fingerprint density at radius 1 is 1.19 bits per heavy atom. The highest BCUT2D eigenvalue weighted by atomic mass is 16.5. The zero-order valence-corrected chi connectivity index (χ0v) is 18.2. The zero-order chi connectivity index (χ0) is 22.5. The average molecular weight is 437 g/mol. The van der Waals surface area contributed by atoms with E-state index in [1.54, 1.807) is 12.1 Å². The number of aromatic amines is 1. The fourth-order valence-electron chi connectivity index (χ4n) is 3.84. The Hall–Kier alpha value is -3.46. The van der Waals surface area contributed by atoms with Gasteiger partial charge in [0.2, 0.25) is 0 Å². The summed E-state index contributed by atoms with van der Waals surface area (Å²) in [5.74, 6) is 0.825. The van der Waals surface area contributed by atoms with Crippen LogP contribution in [0.2, 0.25) is 0 Å². The molecule has 9 nitrogen and oxygen atoms in total. The Morgan fingerprint density at radius 3 is 2.91 bits per heavy atom. The molecule has 0 fully saturated rings. The van der Waals surface area contributed by atoms with Gasteiger partial charge in [0, 0.05) is 36.9 Å². The predicted molar refractivity (Wildman–Crippen MR) is 123 cm³/mol. The molecule has 4 rings (SSSR count). The first-order valence-corrected chi connectivity index (χ1v) is 11.0. The molecule has 0 spiro atoms. The third-order valence-corrected chi connectivity index (χ3v) is 5.47. The molecule has 9 heteroatoms. The first-order chi connectivity index (χ1) is 15.6. The minimum Gasteiger partial charge on any atom is -0.508 e. The fraction of sp³-hybridized carbons (Fsp3) is 0.391. The van der Waals surface area contributed by atoms with Crippen molar-refractivity contribution in [1.29, 1.82) is 0 Å². The average Bonchev–Trinajstić information content (AvgIpc) is 3.35. The number of phenols is 1. The number of ether oxygens (including phenoxy) is 1. The molecule has 4 aromatic rings. The number of nitrogens with two attached hydrogens (primary N) is 1. The van der Waals surface area contributed by atoms with E-state index >= 15 is 0 Å². The van der Waals surface area contributed by atoms with E-state index in [0.717, 1.165) is 35.9 Å². The molecule has 0 aliphatic rings. The maximum Gasteiger partial charge on any atom is 0.164 e. The van der Waals surface area contributed by atoms with Crippen LogP contribution in [0.5, 0.6) is 5.75 Å². The van der Waals surface area contributed by atoms with Gasteiger partial charge in [-0.2, -0.15) is 5.10 Å². The van der Waals surface area contributed by atoms with Crippen molar-refractivity contribution in [3.05, 3.63) is 30.6 Å². The van der Waals surface area contributed by atoms with Gasteiger partial charge in [0.25, 0.3) is 0 Å². The summed E-state index contributed by atoms with van der Waals surface area (Å²) in [6, 6.07) is 7.09. The lowest BCUT2D eigenvalue weighted by molar-refractivity contribution is -0.120. The number of H-pyrrole nitrogens is 1. The summed E-state index contributed by atoms with van der Waals surface area (Å²) in [6.45, 7) is 3.74. The largest absolute Gasteiger partial charge is 0.508 e. The van der Waals surface area contributed by atoms with E-state index in [1.807, 2.05) is 23.7 Å². The fourth-order valence-corrected chi connectivity index (χ4v) is 3.84. The third kappa shape index (κ3) is 4.72. The number of aryl methyl sites for hydroxylation is 1. The summed E-state index contributed by atoms with van der Waals surface area (Å²) in [4.78, 5) is 23.8. The SMILES string of the molecule is CCOCCC(=O)CCCCCn1nc(-c2cc3cc(O)ccc3[nH]2)c2c(N)ncnc21. The number of hydrogen-bond donors (Lipinski definition) is 3. The molecule has 32 heavy (non-hydrogen) atoms. The molecular weight excluding hydrogens is 408 g/mol. The van der Waals surface area contributed by atoms with Gasteiger partial charge in [-0.3, -0.25) is 4.79 Å². The Morgan fingerprint density at radius 2 is 2.06 bits per heavy atom. The minimum absolute atomic E-state index is 0.206. The van der Waals surface area contributed by atoms with Crippen LogP contribution in [0, 0.1) is 0 Å². The molecule has 3 heterocycles. The van der Waals surface area contributed by atoms with Gasteiger partial charge in [-0.25, -0.2) is 14.6 Å². The van der Waals surface area contributed by atoms with E-state index in [-0.39, 0.29) is 11.5 Å². The van der Waals surface area contributed by atoms with Gasteiger partial charge in [0.15, 0.2) is 5.65 Å². The van der Waals surface area contributed by atoms with Gasteiger partial charge in [-0.15, -0.1) is 0 Å².